The molecule has 0 aliphatic heterocycles. The fraction of sp³-hybridized carbons (Fsp3) is 0.125. The molecule has 0 amide bonds. The van der Waals surface area contributed by atoms with E-state index in [1.54, 1.807) is 0 Å². The van der Waals surface area contributed by atoms with Crippen molar-refractivity contribution < 1.29 is 9.42 Å². The smallest absolute Gasteiger partial charge is 0.280 e. The molecule has 0 N–H and O–H groups in total. The molecular formula is C24H22BrN2O+. The summed E-state index contributed by atoms with van der Waals surface area (Å²) in [5.74, 6) is 0.894. The molecule has 0 unspecified atom stereocenters. The van der Waals surface area contributed by atoms with Crippen molar-refractivity contribution in [2.75, 3.05) is 0 Å². The van der Waals surface area contributed by atoms with Crippen LogP contribution in [0.5, 0.6) is 5.75 Å². The van der Waals surface area contributed by atoms with Crippen LogP contribution in [0.4, 0.5) is 0 Å². The zero-order valence-corrected chi connectivity index (χ0v) is 17.6. The zero-order chi connectivity index (χ0) is 19.5. The van der Waals surface area contributed by atoms with Crippen LogP contribution in [0.25, 0.3) is 22.5 Å². The molecule has 3 nitrogen and oxygen atoms in total. The van der Waals surface area contributed by atoms with Crippen molar-refractivity contribution in [3.8, 4) is 28.3 Å². The van der Waals surface area contributed by atoms with Gasteiger partial charge in [0, 0.05) is 10.0 Å². The number of ether oxygens (including phenoxy) is 1. The van der Waals surface area contributed by atoms with Crippen LogP contribution in [0.3, 0.4) is 0 Å². The molecule has 3 aromatic carbocycles. The predicted molar refractivity (Wildman–Crippen MR) is 116 cm³/mol. The number of rotatable bonds is 5. The summed E-state index contributed by atoms with van der Waals surface area (Å²) in [4.78, 5) is 0. The second kappa shape index (κ2) is 8.03. The van der Waals surface area contributed by atoms with Gasteiger partial charge in [-0.1, -0.05) is 76.6 Å². The van der Waals surface area contributed by atoms with E-state index in [1.165, 1.54) is 0 Å². The first-order chi connectivity index (χ1) is 13.6. The van der Waals surface area contributed by atoms with Gasteiger partial charge in [-0.25, -0.2) is 0 Å². The number of nitrogens with zero attached hydrogens (tertiary/aromatic N) is 2. The average Bonchev–Trinajstić information content (AvgIpc) is 2.99. The summed E-state index contributed by atoms with van der Waals surface area (Å²) in [5.41, 5.74) is 5.54. The highest BCUT2D eigenvalue weighted by atomic mass is 79.9. The highest BCUT2D eigenvalue weighted by Crippen LogP contribution is 2.37. The third kappa shape index (κ3) is 3.60. The molecular weight excluding hydrogens is 412 g/mol. The molecule has 0 radical (unpaired) electrons. The maximum atomic E-state index is 6.45. The molecule has 0 bridgehead atoms. The van der Waals surface area contributed by atoms with E-state index < -0.39 is 0 Å². The molecule has 4 rings (SSSR count). The van der Waals surface area contributed by atoms with E-state index in [-0.39, 0.29) is 0 Å². The fourth-order valence-corrected chi connectivity index (χ4v) is 3.67. The van der Waals surface area contributed by atoms with E-state index in [1.807, 2.05) is 24.3 Å². The zero-order valence-electron chi connectivity index (χ0n) is 16.0. The predicted octanol–water partition coefficient (Wildman–Crippen LogP) is 5.53. The van der Waals surface area contributed by atoms with Gasteiger partial charge in [-0.15, -0.1) is 4.68 Å². The van der Waals surface area contributed by atoms with Gasteiger partial charge in [0.2, 0.25) is 5.75 Å². The lowest BCUT2D eigenvalue weighted by atomic mass is 10.1. The van der Waals surface area contributed by atoms with E-state index in [0.717, 1.165) is 38.3 Å². The van der Waals surface area contributed by atoms with Crippen molar-refractivity contribution in [1.82, 2.24) is 4.68 Å². The SMILES string of the molecule is Cn1c(-c2ccccc2)c(OCc2ccc(Br)cc2)c(-c2ccccc2)[n+]1C. The lowest BCUT2D eigenvalue weighted by Gasteiger charge is -2.08. The van der Waals surface area contributed by atoms with Gasteiger partial charge in [0.1, 0.15) is 6.61 Å². The lowest BCUT2D eigenvalue weighted by Crippen LogP contribution is -2.39. The van der Waals surface area contributed by atoms with Crippen molar-refractivity contribution in [2.45, 2.75) is 6.61 Å². The Morgan fingerprint density at radius 3 is 2.00 bits per heavy atom. The minimum atomic E-state index is 0.511. The fourth-order valence-electron chi connectivity index (χ4n) is 3.41. The molecule has 4 aromatic rings. The van der Waals surface area contributed by atoms with Gasteiger partial charge in [0.25, 0.3) is 5.69 Å². The van der Waals surface area contributed by atoms with E-state index in [2.05, 4.69) is 100 Å². The van der Waals surface area contributed by atoms with Crippen molar-refractivity contribution in [3.05, 3.63) is 95.0 Å². The topological polar surface area (TPSA) is 18.0 Å². The summed E-state index contributed by atoms with van der Waals surface area (Å²) in [6.07, 6.45) is 0. The van der Waals surface area contributed by atoms with E-state index in [0.29, 0.717) is 6.61 Å². The number of aromatic nitrogens is 2. The molecule has 1 heterocycles. The molecule has 0 atom stereocenters. The first-order valence-corrected chi connectivity index (χ1v) is 10.0. The summed E-state index contributed by atoms with van der Waals surface area (Å²) in [7, 11) is 4.14. The maximum absolute atomic E-state index is 6.45. The van der Waals surface area contributed by atoms with E-state index in [4.69, 9.17) is 4.74 Å². The van der Waals surface area contributed by atoms with Gasteiger partial charge >= 0.3 is 0 Å². The van der Waals surface area contributed by atoms with Crippen LogP contribution in [-0.4, -0.2) is 4.68 Å². The van der Waals surface area contributed by atoms with Crippen LogP contribution in [0.2, 0.25) is 0 Å². The molecule has 0 saturated carbocycles. The normalized spacial score (nSPS) is 10.8. The van der Waals surface area contributed by atoms with Gasteiger partial charge in [-0.2, -0.15) is 4.68 Å². The van der Waals surface area contributed by atoms with Crippen molar-refractivity contribution in [2.24, 2.45) is 14.1 Å². The van der Waals surface area contributed by atoms with E-state index in [9.17, 15) is 0 Å². The average molecular weight is 434 g/mol. The molecule has 1 aromatic heterocycles. The van der Waals surface area contributed by atoms with Crippen LogP contribution in [0.1, 0.15) is 5.56 Å². The van der Waals surface area contributed by atoms with E-state index >= 15 is 0 Å². The van der Waals surface area contributed by atoms with Gasteiger partial charge in [-0.3, -0.25) is 0 Å². The Morgan fingerprint density at radius 1 is 0.821 bits per heavy atom. The molecule has 0 fully saturated rings. The largest absolute Gasteiger partial charge is 0.480 e. The van der Waals surface area contributed by atoms with Gasteiger partial charge in [-0.05, 0) is 29.8 Å². The van der Waals surface area contributed by atoms with Crippen molar-refractivity contribution in [3.63, 3.8) is 0 Å². The Labute approximate surface area is 173 Å². The molecule has 0 spiro atoms. The van der Waals surface area contributed by atoms with Crippen molar-refractivity contribution >= 4 is 15.9 Å². The Bertz CT molecular complexity index is 1010. The maximum Gasteiger partial charge on any atom is 0.280 e. The van der Waals surface area contributed by atoms with Crippen LogP contribution in [-0.2, 0) is 20.7 Å². The quantitative estimate of drug-likeness (QED) is 0.378. The summed E-state index contributed by atoms with van der Waals surface area (Å²) < 4.78 is 11.8. The standard InChI is InChI=1S/C24H22BrN2O/c1-26-22(19-9-5-3-6-10-19)24(28-17-18-13-15-21(25)16-14-18)23(27(26)2)20-11-7-4-8-12-20/h3-16H,17H2,1-2H3/q+1. The summed E-state index contributed by atoms with van der Waals surface area (Å²) >= 11 is 3.49. The third-order valence-electron chi connectivity index (χ3n) is 4.92. The highest BCUT2D eigenvalue weighted by Gasteiger charge is 2.30. The monoisotopic (exact) mass is 433 g/mol. The number of halogens is 1. The lowest BCUT2D eigenvalue weighted by molar-refractivity contribution is -0.740. The number of hydrogen-bond acceptors (Lipinski definition) is 1. The van der Waals surface area contributed by atoms with Crippen LogP contribution in [0, 0.1) is 0 Å². The summed E-state index contributed by atoms with van der Waals surface area (Å²) in [5, 5.41) is 0. The highest BCUT2D eigenvalue weighted by molar-refractivity contribution is 9.10. The summed E-state index contributed by atoms with van der Waals surface area (Å²) in [6.45, 7) is 0.511. The molecule has 0 aliphatic rings. The first kappa shape index (κ1) is 18.5. The van der Waals surface area contributed by atoms with Gasteiger partial charge in [0.15, 0.2) is 12.7 Å². The van der Waals surface area contributed by atoms with Crippen LogP contribution < -0.4 is 9.42 Å². The molecule has 140 valence electrons. The minimum Gasteiger partial charge on any atom is -0.480 e. The second-order valence-corrected chi connectivity index (χ2v) is 7.64. The Kier molecular flexibility index (Phi) is 5.31. The Balaban J connectivity index is 1.83. The molecule has 0 aliphatic carbocycles. The van der Waals surface area contributed by atoms with Crippen LogP contribution >= 0.6 is 15.9 Å². The Morgan fingerprint density at radius 2 is 1.39 bits per heavy atom. The summed E-state index contributed by atoms with van der Waals surface area (Å²) in [6, 6.07) is 29.0. The third-order valence-corrected chi connectivity index (χ3v) is 5.45. The second-order valence-electron chi connectivity index (χ2n) is 6.72. The Hall–Kier alpha value is -2.85. The molecule has 0 saturated heterocycles. The van der Waals surface area contributed by atoms with Crippen LogP contribution in [0.15, 0.2) is 89.4 Å². The number of benzene rings is 3. The minimum absolute atomic E-state index is 0.511. The molecule has 28 heavy (non-hydrogen) atoms. The number of hydrogen-bond donors (Lipinski definition) is 0. The molecule has 4 heteroatoms. The van der Waals surface area contributed by atoms with Gasteiger partial charge < -0.3 is 4.74 Å². The first-order valence-electron chi connectivity index (χ1n) is 9.22. The van der Waals surface area contributed by atoms with Crippen molar-refractivity contribution in [1.29, 1.82) is 0 Å². The van der Waals surface area contributed by atoms with Gasteiger partial charge in [0.05, 0.1) is 12.6 Å².